The van der Waals surface area contributed by atoms with Gasteiger partial charge in [-0.15, -0.1) is 4.83 Å². The molecule has 0 saturated carbocycles. The molecule has 0 rings (SSSR count). The largest absolute Gasteiger partial charge is 0.346 e. The van der Waals surface area contributed by atoms with Crippen LogP contribution in [0.3, 0.4) is 0 Å². The molecule has 7 heteroatoms. The molecular formula is H7AlN2O3S. The number of hydrazine groups is 1. The molecule has 0 spiro atoms. The molecule has 0 aromatic heterocycles. The lowest BCUT2D eigenvalue weighted by Gasteiger charge is -1.83. The van der Waals surface area contributed by atoms with E-state index in [4.69, 9.17) is 4.55 Å². The fraction of sp³-hybridized carbons (Fsp3) is 0. The summed E-state index contributed by atoms with van der Waals surface area (Å²) >= 11 is 0. The second kappa shape index (κ2) is 3.38. The Hall–Kier alpha value is 0.362. The number of nitrogens with one attached hydrogen (secondary N) is 1. The van der Waals surface area contributed by atoms with Crippen molar-refractivity contribution in [2.24, 2.45) is 5.84 Å². The van der Waals surface area contributed by atoms with Gasteiger partial charge in [0.25, 0.3) is 0 Å². The van der Waals surface area contributed by atoms with Crippen LogP contribution >= 0.6 is 0 Å². The van der Waals surface area contributed by atoms with E-state index in [-0.39, 0.29) is 17.4 Å². The Balaban J connectivity index is 0. The van der Waals surface area contributed by atoms with Gasteiger partial charge in [0.15, 0.2) is 17.4 Å². The van der Waals surface area contributed by atoms with Crippen LogP contribution in [0, 0.1) is 0 Å². The van der Waals surface area contributed by atoms with E-state index in [9.17, 15) is 8.42 Å². The van der Waals surface area contributed by atoms with Crippen LogP contribution in [0.4, 0.5) is 0 Å². The van der Waals surface area contributed by atoms with Gasteiger partial charge in [-0.1, -0.05) is 0 Å². The van der Waals surface area contributed by atoms with Crippen LogP contribution in [-0.4, -0.2) is 30.3 Å². The maximum Gasteiger partial charge on any atom is 0.346 e. The van der Waals surface area contributed by atoms with Crippen molar-refractivity contribution in [1.82, 2.24) is 4.83 Å². The lowest BCUT2D eigenvalue weighted by Crippen LogP contribution is -2.29. The average molecular weight is 142 g/mol. The van der Waals surface area contributed by atoms with E-state index in [0.717, 1.165) is 4.83 Å². The van der Waals surface area contributed by atoms with E-state index in [1.54, 1.807) is 0 Å². The van der Waals surface area contributed by atoms with Crippen LogP contribution in [0.2, 0.25) is 0 Å². The molecule has 0 bridgehead atoms. The van der Waals surface area contributed by atoms with Crippen molar-refractivity contribution in [1.29, 1.82) is 0 Å². The van der Waals surface area contributed by atoms with Crippen molar-refractivity contribution < 1.29 is 13.0 Å². The van der Waals surface area contributed by atoms with Gasteiger partial charge in [-0.25, -0.2) is 0 Å². The lowest BCUT2D eigenvalue weighted by atomic mass is 13.0. The molecule has 0 atom stereocenters. The van der Waals surface area contributed by atoms with Gasteiger partial charge < -0.3 is 0 Å². The molecule has 0 aliphatic rings. The highest BCUT2D eigenvalue weighted by Crippen LogP contribution is 1.58. The Morgan fingerprint density at radius 3 is 1.71 bits per heavy atom. The highest BCUT2D eigenvalue weighted by atomic mass is 32.2. The molecule has 0 fully saturated rings. The van der Waals surface area contributed by atoms with Gasteiger partial charge in [0, 0.05) is 0 Å². The minimum atomic E-state index is -4.13. The van der Waals surface area contributed by atoms with Crippen LogP contribution in [0.1, 0.15) is 0 Å². The molecule has 0 amide bonds. The van der Waals surface area contributed by atoms with Gasteiger partial charge in [-0.2, -0.15) is 8.42 Å². The van der Waals surface area contributed by atoms with E-state index >= 15 is 0 Å². The average Bonchev–Trinajstić information content (AvgIpc) is 1.35. The molecule has 0 aromatic carbocycles. The normalized spacial score (nSPS) is 10.0. The standard InChI is InChI=1S/Al.H4N2O3S.3H/c;1-2-6(3,4)5;;;/h;2H,1H2,(H,3,4,5);;;. The smallest absolute Gasteiger partial charge is 0.273 e. The predicted molar refractivity (Wildman–Crippen MR) is 28.8 cm³/mol. The van der Waals surface area contributed by atoms with Crippen molar-refractivity contribution >= 4 is 27.7 Å². The highest BCUT2D eigenvalue weighted by Gasteiger charge is 1.91. The zero-order chi connectivity index (χ0) is 5.21. The molecule has 0 aliphatic carbocycles. The number of rotatable bonds is 1. The summed E-state index contributed by atoms with van der Waals surface area (Å²) in [7, 11) is -4.13. The van der Waals surface area contributed by atoms with E-state index in [0.29, 0.717) is 0 Å². The first kappa shape index (κ1) is 10.4. The summed E-state index contributed by atoms with van der Waals surface area (Å²) in [5, 5.41) is 0. The van der Waals surface area contributed by atoms with Crippen LogP contribution in [-0.2, 0) is 10.3 Å². The SMILES string of the molecule is NNS(=O)(=O)O.[AlH3]. The third-order valence-electron chi connectivity index (χ3n) is 0.149. The molecule has 0 radical (unpaired) electrons. The van der Waals surface area contributed by atoms with Gasteiger partial charge in [-0.3, -0.25) is 10.4 Å². The second-order valence-corrected chi connectivity index (χ2v) is 1.78. The Bertz CT molecular complexity index is 115. The quantitative estimate of drug-likeness (QED) is 0.158. The topological polar surface area (TPSA) is 92.4 Å². The molecule has 0 aliphatic heterocycles. The second-order valence-electron chi connectivity index (χ2n) is 0.593. The van der Waals surface area contributed by atoms with Gasteiger partial charge >= 0.3 is 10.3 Å². The van der Waals surface area contributed by atoms with Crippen LogP contribution in [0.5, 0.6) is 0 Å². The Labute approximate surface area is 51.9 Å². The third-order valence-corrected chi connectivity index (χ3v) is 0.447. The number of hydrogen-bond donors (Lipinski definition) is 3. The summed E-state index contributed by atoms with van der Waals surface area (Å²) in [6.07, 6.45) is 0. The molecular weight excluding hydrogens is 135 g/mol. The van der Waals surface area contributed by atoms with Crippen molar-refractivity contribution in [2.45, 2.75) is 0 Å². The molecule has 7 heavy (non-hydrogen) atoms. The summed E-state index contributed by atoms with van der Waals surface area (Å²) < 4.78 is 26.2. The van der Waals surface area contributed by atoms with E-state index in [1.165, 1.54) is 0 Å². The summed E-state index contributed by atoms with van der Waals surface area (Å²) in [5.74, 6) is 4.22. The minimum Gasteiger partial charge on any atom is -0.273 e. The first-order chi connectivity index (χ1) is 2.56. The predicted octanol–water partition coefficient (Wildman–Crippen LogP) is -2.93. The van der Waals surface area contributed by atoms with E-state index in [1.807, 2.05) is 0 Å². The first-order valence-corrected chi connectivity index (χ1v) is 2.45. The van der Waals surface area contributed by atoms with E-state index in [2.05, 4.69) is 5.84 Å². The summed E-state index contributed by atoms with van der Waals surface area (Å²) in [5.41, 5.74) is 0. The first-order valence-electron chi connectivity index (χ1n) is 1.01. The van der Waals surface area contributed by atoms with Crippen LogP contribution < -0.4 is 10.7 Å². The molecule has 0 unspecified atom stereocenters. The summed E-state index contributed by atoms with van der Waals surface area (Å²) in [4.78, 5) is 1.13. The Morgan fingerprint density at radius 2 is 1.71 bits per heavy atom. The van der Waals surface area contributed by atoms with Crippen molar-refractivity contribution in [3.05, 3.63) is 0 Å². The van der Waals surface area contributed by atoms with Crippen LogP contribution in [0.25, 0.3) is 0 Å². The van der Waals surface area contributed by atoms with Gasteiger partial charge in [0.05, 0.1) is 0 Å². The summed E-state index contributed by atoms with van der Waals surface area (Å²) in [6.45, 7) is 0. The highest BCUT2D eigenvalue weighted by molar-refractivity contribution is 7.83. The fourth-order valence-electron chi connectivity index (χ4n) is 0. The molecule has 4 N–H and O–H groups in total. The monoisotopic (exact) mass is 142 g/mol. The Kier molecular flexibility index (Phi) is 5.00. The van der Waals surface area contributed by atoms with E-state index < -0.39 is 10.3 Å². The molecule has 0 aromatic rings. The minimum absolute atomic E-state index is 0. The van der Waals surface area contributed by atoms with Crippen molar-refractivity contribution in [3.8, 4) is 0 Å². The molecule has 44 valence electrons. The number of hydrogen-bond acceptors (Lipinski definition) is 3. The van der Waals surface area contributed by atoms with Crippen LogP contribution in [0.15, 0.2) is 0 Å². The lowest BCUT2D eigenvalue weighted by molar-refractivity contribution is 0.469. The molecule has 5 nitrogen and oxygen atoms in total. The van der Waals surface area contributed by atoms with Gasteiger partial charge in [0.1, 0.15) is 0 Å². The molecule has 0 saturated heterocycles. The maximum atomic E-state index is 9.32. The third kappa shape index (κ3) is 10.7. The van der Waals surface area contributed by atoms with Gasteiger partial charge in [-0.05, 0) is 0 Å². The van der Waals surface area contributed by atoms with Gasteiger partial charge in [0.2, 0.25) is 0 Å². The Morgan fingerprint density at radius 1 is 1.57 bits per heavy atom. The van der Waals surface area contributed by atoms with Crippen molar-refractivity contribution in [2.75, 3.05) is 0 Å². The maximum absolute atomic E-state index is 9.32. The zero-order valence-corrected chi connectivity index (χ0v) is 3.57. The van der Waals surface area contributed by atoms with Crippen molar-refractivity contribution in [3.63, 3.8) is 0 Å². The number of nitrogens with two attached hydrogens (primary N) is 1. The fourth-order valence-corrected chi connectivity index (χ4v) is 0. The zero-order valence-electron chi connectivity index (χ0n) is 2.75. The molecule has 0 heterocycles. The summed E-state index contributed by atoms with van der Waals surface area (Å²) in [6, 6.07) is 0.